The van der Waals surface area contributed by atoms with Gasteiger partial charge >= 0.3 is 0 Å². The highest BCUT2D eigenvalue weighted by Crippen LogP contribution is 2.25. The molecule has 0 heterocycles. The van der Waals surface area contributed by atoms with Crippen LogP contribution < -0.4 is 0 Å². The Morgan fingerprint density at radius 1 is 1.25 bits per heavy atom. The van der Waals surface area contributed by atoms with E-state index in [9.17, 15) is 0 Å². The molecular weight excluding hydrogens is 146 g/mol. The summed E-state index contributed by atoms with van der Waals surface area (Å²) in [7, 11) is 2.27. The van der Waals surface area contributed by atoms with Crippen molar-refractivity contribution in [2.75, 3.05) is 13.6 Å². The SMILES string of the molecule is CN(CCC(C)(C)C)C1CCC1. The number of nitrogens with zero attached hydrogens (tertiary/aromatic N) is 1. The van der Waals surface area contributed by atoms with Crippen molar-refractivity contribution < 1.29 is 0 Å². The maximum atomic E-state index is 2.54. The van der Waals surface area contributed by atoms with E-state index in [4.69, 9.17) is 0 Å². The van der Waals surface area contributed by atoms with Crippen molar-refractivity contribution in [1.82, 2.24) is 4.90 Å². The smallest absolute Gasteiger partial charge is 0.00922 e. The first-order valence-corrected chi connectivity index (χ1v) is 5.19. The van der Waals surface area contributed by atoms with Crippen molar-refractivity contribution in [2.24, 2.45) is 5.41 Å². The van der Waals surface area contributed by atoms with Crippen LogP contribution in [0.1, 0.15) is 46.5 Å². The van der Waals surface area contributed by atoms with Gasteiger partial charge in [-0.05, 0) is 38.3 Å². The van der Waals surface area contributed by atoms with Crippen molar-refractivity contribution in [1.29, 1.82) is 0 Å². The standard InChI is InChI=1S/C11H23N/c1-11(2,3)8-9-12(4)10-6-5-7-10/h10H,5-9H2,1-4H3. The fourth-order valence-electron chi connectivity index (χ4n) is 1.52. The summed E-state index contributed by atoms with van der Waals surface area (Å²) < 4.78 is 0. The minimum atomic E-state index is 0.498. The highest BCUT2D eigenvalue weighted by Gasteiger charge is 2.22. The fourth-order valence-corrected chi connectivity index (χ4v) is 1.52. The largest absolute Gasteiger partial charge is 0.303 e. The lowest BCUT2D eigenvalue weighted by Crippen LogP contribution is -2.38. The second-order valence-electron chi connectivity index (χ2n) is 5.38. The van der Waals surface area contributed by atoms with Crippen molar-refractivity contribution >= 4 is 0 Å². The van der Waals surface area contributed by atoms with Gasteiger partial charge in [-0.15, -0.1) is 0 Å². The van der Waals surface area contributed by atoms with E-state index in [1.54, 1.807) is 0 Å². The normalized spacial score (nSPS) is 19.8. The van der Waals surface area contributed by atoms with Gasteiger partial charge in [0, 0.05) is 6.04 Å². The Bertz CT molecular complexity index is 130. The Morgan fingerprint density at radius 2 is 1.83 bits per heavy atom. The van der Waals surface area contributed by atoms with Crippen LogP contribution in [0.15, 0.2) is 0 Å². The summed E-state index contributed by atoms with van der Waals surface area (Å²) in [6.45, 7) is 8.24. The monoisotopic (exact) mass is 169 g/mol. The molecule has 12 heavy (non-hydrogen) atoms. The highest BCUT2D eigenvalue weighted by molar-refractivity contribution is 4.78. The van der Waals surface area contributed by atoms with Crippen LogP contribution in [-0.2, 0) is 0 Å². The van der Waals surface area contributed by atoms with Crippen molar-refractivity contribution in [3.05, 3.63) is 0 Å². The molecule has 1 heteroatoms. The Balaban J connectivity index is 2.13. The number of hydrogen-bond donors (Lipinski definition) is 0. The Labute approximate surface area is 77.1 Å². The minimum Gasteiger partial charge on any atom is -0.303 e. The predicted octanol–water partition coefficient (Wildman–Crippen LogP) is 2.91. The quantitative estimate of drug-likeness (QED) is 0.628. The second-order valence-corrected chi connectivity index (χ2v) is 5.38. The van der Waals surface area contributed by atoms with Gasteiger partial charge in [0.05, 0.1) is 0 Å². The average Bonchev–Trinajstić information content (AvgIpc) is 1.78. The van der Waals surface area contributed by atoms with Gasteiger partial charge < -0.3 is 4.90 Å². The van der Waals surface area contributed by atoms with Crippen LogP contribution >= 0.6 is 0 Å². The molecule has 0 bridgehead atoms. The van der Waals surface area contributed by atoms with Crippen LogP contribution in [-0.4, -0.2) is 24.5 Å². The van der Waals surface area contributed by atoms with E-state index in [1.807, 2.05) is 0 Å². The van der Waals surface area contributed by atoms with Crippen molar-refractivity contribution in [3.8, 4) is 0 Å². The lowest BCUT2D eigenvalue weighted by atomic mass is 9.89. The van der Waals surface area contributed by atoms with E-state index in [0.29, 0.717) is 5.41 Å². The lowest BCUT2D eigenvalue weighted by Gasteiger charge is -2.36. The maximum Gasteiger partial charge on any atom is 0.00922 e. The van der Waals surface area contributed by atoms with E-state index < -0.39 is 0 Å². The van der Waals surface area contributed by atoms with Gasteiger partial charge in [-0.2, -0.15) is 0 Å². The Morgan fingerprint density at radius 3 is 2.17 bits per heavy atom. The molecule has 0 atom stereocenters. The molecule has 0 aromatic rings. The van der Waals surface area contributed by atoms with Crippen LogP contribution in [0, 0.1) is 5.41 Å². The second kappa shape index (κ2) is 3.78. The van der Waals surface area contributed by atoms with Crippen LogP contribution in [0.4, 0.5) is 0 Å². The molecule has 1 saturated carbocycles. The van der Waals surface area contributed by atoms with Crippen LogP contribution in [0.3, 0.4) is 0 Å². The van der Waals surface area contributed by atoms with Gasteiger partial charge in [0.2, 0.25) is 0 Å². The molecule has 1 nitrogen and oxygen atoms in total. The first kappa shape index (κ1) is 10.0. The summed E-state index contributed by atoms with van der Waals surface area (Å²) in [6, 6.07) is 0.910. The molecule has 0 aliphatic heterocycles. The summed E-state index contributed by atoms with van der Waals surface area (Å²) in [5.74, 6) is 0. The summed E-state index contributed by atoms with van der Waals surface area (Å²) >= 11 is 0. The summed E-state index contributed by atoms with van der Waals surface area (Å²) in [5.41, 5.74) is 0.498. The third kappa shape index (κ3) is 3.14. The van der Waals surface area contributed by atoms with E-state index in [-0.39, 0.29) is 0 Å². The zero-order chi connectivity index (χ0) is 9.19. The van der Waals surface area contributed by atoms with Gasteiger partial charge in [-0.3, -0.25) is 0 Å². The van der Waals surface area contributed by atoms with Gasteiger partial charge in [-0.25, -0.2) is 0 Å². The first-order chi connectivity index (χ1) is 5.49. The van der Waals surface area contributed by atoms with Crippen molar-refractivity contribution in [2.45, 2.75) is 52.5 Å². The third-order valence-electron chi connectivity index (χ3n) is 2.91. The molecular formula is C11H23N. The van der Waals surface area contributed by atoms with Gasteiger partial charge in [0.1, 0.15) is 0 Å². The molecule has 0 aromatic heterocycles. The molecule has 72 valence electrons. The topological polar surface area (TPSA) is 3.24 Å². The van der Waals surface area contributed by atoms with Crippen LogP contribution in [0.25, 0.3) is 0 Å². The van der Waals surface area contributed by atoms with Crippen LogP contribution in [0.2, 0.25) is 0 Å². The minimum absolute atomic E-state index is 0.498. The van der Waals surface area contributed by atoms with E-state index in [1.165, 1.54) is 32.2 Å². The summed E-state index contributed by atoms with van der Waals surface area (Å²) in [6.07, 6.45) is 5.63. The van der Waals surface area contributed by atoms with Gasteiger partial charge in [0.15, 0.2) is 0 Å². The summed E-state index contributed by atoms with van der Waals surface area (Å²) in [4.78, 5) is 2.54. The third-order valence-corrected chi connectivity index (χ3v) is 2.91. The van der Waals surface area contributed by atoms with E-state index in [2.05, 4.69) is 32.7 Å². The number of hydrogen-bond acceptors (Lipinski definition) is 1. The predicted molar refractivity (Wildman–Crippen MR) is 54.3 cm³/mol. The molecule has 0 saturated heterocycles. The molecule has 1 aliphatic rings. The molecule has 0 radical (unpaired) electrons. The van der Waals surface area contributed by atoms with E-state index >= 15 is 0 Å². The van der Waals surface area contributed by atoms with Gasteiger partial charge in [-0.1, -0.05) is 27.2 Å². The summed E-state index contributed by atoms with van der Waals surface area (Å²) in [5, 5.41) is 0. The lowest BCUT2D eigenvalue weighted by molar-refractivity contribution is 0.142. The zero-order valence-electron chi connectivity index (χ0n) is 9.06. The molecule has 0 N–H and O–H groups in total. The molecule has 0 unspecified atom stereocenters. The molecule has 1 fully saturated rings. The first-order valence-electron chi connectivity index (χ1n) is 5.19. The highest BCUT2D eigenvalue weighted by atomic mass is 15.1. The Kier molecular flexibility index (Phi) is 3.16. The molecule has 1 aliphatic carbocycles. The van der Waals surface area contributed by atoms with Gasteiger partial charge in [0.25, 0.3) is 0 Å². The van der Waals surface area contributed by atoms with Crippen LogP contribution in [0.5, 0.6) is 0 Å². The maximum absolute atomic E-state index is 2.54. The van der Waals surface area contributed by atoms with Crippen molar-refractivity contribution in [3.63, 3.8) is 0 Å². The fraction of sp³-hybridized carbons (Fsp3) is 1.00. The average molecular weight is 169 g/mol. The molecule has 1 rings (SSSR count). The Hall–Kier alpha value is -0.0400. The molecule has 0 amide bonds. The molecule has 0 spiro atoms. The van der Waals surface area contributed by atoms with E-state index in [0.717, 1.165) is 6.04 Å². The number of rotatable bonds is 3. The molecule has 0 aromatic carbocycles. The zero-order valence-corrected chi connectivity index (χ0v) is 9.06.